The van der Waals surface area contributed by atoms with Crippen LogP contribution in [0.1, 0.15) is 17.5 Å². The second-order valence-corrected chi connectivity index (χ2v) is 5.97. The highest BCUT2D eigenvalue weighted by molar-refractivity contribution is 6.31. The van der Waals surface area contributed by atoms with Gasteiger partial charge in [-0.05, 0) is 30.5 Å². The van der Waals surface area contributed by atoms with Gasteiger partial charge in [0, 0.05) is 36.7 Å². The first-order valence-corrected chi connectivity index (χ1v) is 7.68. The lowest BCUT2D eigenvalue weighted by Gasteiger charge is -2.13. The van der Waals surface area contributed by atoms with E-state index in [1.807, 2.05) is 36.0 Å². The van der Waals surface area contributed by atoms with Crippen LogP contribution in [0.25, 0.3) is 0 Å². The molecule has 1 aliphatic heterocycles. The number of hydrogen-bond acceptors (Lipinski definition) is 3. The van der Waals surface area contributed by atoms with Gasteiger partial charge in [0.05, 0.1) is 12.8 Å². The van der Waals surface area contributed by atoms with E-state index in [0.29, 0.717) is 5.92 Å². The maximum atomic E-state index is 6.16. The first-order chi connectivity index (χ1) is 10.2. The average Bonchev–Trinajstić information content (AvgIpc) is 3.13. The largest absolute Gasteiger partial charge is 0.381 e. The zero-order chi connectivity index (χ0) is 14.7. The van der Waals surface area contributed by atoms with E-state index in [1.165, 1.54) is 5.56 Å². The van der Waals surface area contributed by atoms with Gasteiger partial charge in [-0.2, -0.15) is 5.10 Å². The summed E-state index contributed by atoms with van der Waals surface area (Å²) in [4.78, 5) is 0. The lowest BCUT2D eigenvalue weighted by Crippen LogP contribution is -2.14. The Bertz CT molecular complexity index is 605. The van der Waals surface area contributed by atoms with Crippen LogP contribution < -0.4 is 5.32 Å². The number of halogens is 1. The quantitative estimate of drug-likeness (QED) is 0.919. The summed E-state index contributed by atoms with van der Waals surface area (Å²) in [7, 11) is 0. The van der Waals surface area contributed by atoms with E-state index in [4.69, 9.17) is 16.3 Å². The molecule has 4 nitrogen and oxygen atoms in total. The van der Waals surface area contributed by atoms with Crippen LogP contribution in [-0.2, 0) is 17.8 Å². The molecule has 1 fully saturated rings. The number of anilines is 1. The zero-order valence-electron chi connectivity index (χ0n) is 12.2. The van der Waals surface area contributed by atoms with Crippen LogP contribution in [0.5, 0.6) is 0 Å². The van der Waals surface area contributed by atoms with Crippen molar-refractivity contribution in [1.29, 1.82) is 0 Å². The Labute approximate surface area is 130 Å². The third-order valence-electron chi connectivity index (χ3n) is 3.88. The molecule has 0 spiro atoms. The molecular formula is C16H20ClN3O. The fraction of sp³-hybridized carbons (Fsp3) is 0.438. The molecule has 5 heteroatoms. The Hall–Kier alpha value is -1.52. The van der Waals surface area contributed by atoms with Gasteiger partial charge in [0.25, 0.3) is 0 Å². The van der Waals surface area contributed by atoms with E-state index >= 15 is 0 Å². The molecule has 1 atom stereocenters. The smallest absolute Gasteiger partial charge is 0.124 e. The van der Waals surface area contributed by atoms with Gasteiger partial charge < -0.3 is 10.1 Å². The number of hydrogen-bond donors (Lipinski definition) is 1. The van der Waals surface area contributed by atoms with E-state index in [-0.39, 0.29) is 0 Å². The van der Waals surface area contributed by atoms with E-state index in [1.54, 1.807) is 0 Å². The van der Waals surface area contributed by atoms with E-state index < -0.39 is 0 Å². The van der Waals surface area contributed by atoms with Gasteiger partial charge in [-0.3, -0.25) is 0 Å². The molecule has 1 saturated heterocycles. The summed E-state index contributed by atoms with van der Waals surface area (Å²) in [5, 5.41) is 8.64. The summed E-state index contributed by atoms with van der Waals surface area (Å²) in [5.41, 5.74) is 2.27. The molecule has 3 rings (SSSR count). The minimum absolute atomic E-state index is 0.569. The predicted molar refractivity (Wildman–Crippen MR) is 84.7 cm³/mol. The number of benzene rings is 1. The van der Waals surface area contributed by atoms with Crippen molar-refractivity contribution in [1.82, 2.24) is 9.78 Å². The number of ether oxygens (including phenoxy) is 1. The molecule has 0 unspecified atom stereocenters. The minimum atomic E-state index is 0.569. The minimum Gasteiger partial charge on any atom is -0.381 e. The highest BCUT2D eigenvalue weighted by Crippen LogP contribution is 2.19. The van der Waals surface area contributed by atoms with E-state index in [0.717, 1.165) is 49.1 Å². The fourth-order valence-electron chi connectivity index (χ4n) is 2.54. The molecule has 2 aromatic rings. The van der Waals surface area contributed by atoms with Gasteiger partial charge in [0.15, 0.2) is 0 Å². The molecule has 0 amide bonds. The molecule has 0 saturated carbocycles. The monoisotopic (exact) mass is 305 g/mol. The normalized spacial score (nSPS) is 18.1. The van der Waals surface area contributed by atoms with Crippen LogP contribution in [0.15, 0.2) is 30.5 Å². The van der Waals surface area contributed by atoms with Crippen molar-refractivity contribution in [3.8, 4) is 0 Å². The molecule has 2 heterocycles. The van der Waals surface area contributed by atoms with Crippen molar-refractivity contribution in [2.45, 2.75) is 26.4 Å². The Morgan fingerprint density at radius 3 is 3.10 bits per heavy atom. The Kier molecular flexibility index (Phi) is 4.46. The summed E-state index contributed by atoms with van der Waals surface area (Å²) in [6.45, 7) is 5.37. The van der Waals surface area contributed by atoms with Crippen molar-refractivity contribution < 1.29 is 4.74 Å². The molecule has 112 valence electrons. The van der Waals surface area contributed by atoms with Crippen LogP contribution in [0.4, 0.5) is 5.82 Å². The molecule has 21 heavy (non-hydrogen) atoms. The van der Waals surface area contributed by atoms with Crippen molar-refractivity contribution >= 4 is 17.4 Å². The predicted octanol–water partition coefficient (Wildman–Crippen LogP) is 3.49. The van der Waals surface area contributed by atoms with E-state index in [9.17, 15) is 0 Å². The molecule has 1 aromatic heterocycles. The van der Waals surface area contributed by atoms with Crippen molar-refractivity contribution in [2.24, 2.45) is 5.92 Å². The van der Waals surface area contributed by atoms with E-state index in [2.05, 4.69) is 16.5 Å². The van der Waals surface area contributed by atoms with Crippen molar-refractivity contribution in [3.63, 3.8) is 0 Å². The SMILES string of the molecule is Cc1ccc(CNc2ccnn2C[C@@H]2CCOC2)cc1Cl. The standard InChI is InChI=1S/C16H20ClN3O/c1-12-2-3-13(8-15(12)17)9-18-16-4-6-19-20(16)10-14-5-7-21-11-14/h2-4,6,8,14,18H,5,7,9-11H2,1H3/t14-/m0/s1. The highest BCUT2D eigenvalue weighted by Gasteiger charge is 2.17. The molecule has 0 radical (unpaired) electrons. The second kappa shape index (κ2) is 6.50. The maximum Gasteiger partial charge on any atom is 0.124 e. The number of nitrogens with one attached hydrogen (secondary N) is 1. The fourth-order valence-corrected chi connectivity index (χ4v) is 2.74. The van der Waals surface area contributed by atoms with Crippen LogP contribution in [0, 0.1) is 12.8 Å². The number of aryl methyl sites for hydroxylation is 1. The lowest BCUT2D eigenvalue weighted by molar-refractivity contribution is 0.181. The van der Waals surface area contributed by atoms with Crippen molar-refractivity contribution in [2.75, 3.05) is 18.5 Å². The van der Waals surface area contributed by atoms with Crippen molar-refractivity contribution in [3.05, 3.63) is 46.6 Å². The zero-order valence-corrected chi connectivity index (χ0v) is 12.9. The van der Waals surface area contributed by atoms with Crippen LogP contribution in [0.2, 0.25) is 5.02 Å². The summed E-state index contributed by atoms with van der Waals surface area (Å²) in [5.74, 6) is 1.61. The van der Waals surface area contributed by atoms with Crippen LogP contribution in [-0.4, -0.2) is 23.0 Å². The topological polar surface area (TPSA) is 39.1 Å². The summed E-state index contributed by atoms with van der Waals surface area (Å²) >= 11 is 6.16. The molecule has 1 N–H and O–H groups in total. The molecule has 1 aliphatic rings. The number of rotatable bonds is 5. The lowest BCUT2D eigenvalue weighted by atomic mass is 10.1. The summed E-state index contributed by atoms with van der Waals surface area (Å²) < 4.78 is 7.45. The van der Waals surface area contributed by atoms with Gasteiger partial charge in [-0.1, -0.05) is 23.7 Å². The summed E-state index contributed by atoms with van der Waals surface area (Å²) in [6, 6.07) is 8.16. The van der Waals surface area contributed by atoms with Crippen LogP contribution in [0.3, 0.4) is 0 Å². The Balaban J connectivity index is 1.62. The van der Waals surface area contributed by atoms with Gasteiger partial charge in [-0.15, -0.1) is 0 Å². The second-order valence-electron chi connectivity index (χ2n) is 5.57. The van der Waals surface area contributed by atoms with Gasteiger partial charge >= 0.3 is 0 Å². The van der Waals surface area contributed by atoms with Gasteiger partial charge in [0.2, 0.25) is 0 Å². The average molecular weight is 306 g/mol. The first kappa shape index (κ1) is 14.4. The maximum absolute atomic E-state index is 6.16. The third kappa shape index (κ3) is 3.57. The summed E-state index contributed by atoms with van der Waals surface area (Å²) in [6.07, 6.45) is 2.95. The molecule has 1 aromatic carbocycles. The molecular weight excluding hydrogens is 286 g/mol. The van der Waals surface area contributed by atoms with Gasteiger partial charge in [-0.25, -0.2) is 4.68 Å². The molecule has 0 aliphatic carbocycles. The first-order valence-electron chi connectivity index (χ1n) is 7.31. The Morgan fingerprint density at radius 2 is 2.33 bits per heavy atom. The number of aromatic nitrogens is 2. The number of nitrogens with zero attached hydrogens (tertiary/aromatic N) is 2. The molecule has 0 bridgehead atoms. The highest BCUT2D eigenvalue weighted by atomic mass is 35.5. The van der Waals surface area contributed by atoms with Crippen LogP contribution >= 0.6 is 11.6 Å². The van der Waals surface area contributed by atoms with Gasteiger partial charge in [0.1, 0.15) is 5.82 Å². The Morgan fingerprint density at radius 1 is 1.43 bits per heavy atom. The third-order valence-corrected chi connectivity index (χ3v) is 4.29.